The van der Waals surface area contributed by atoms with Crippen LogP contribution in [-0.2, 0) is 0 Å². The molecule has 1 rings (SSSR count). The lowest BCUT2D eigenvalue weighted by Gasteiger charge is -2.13. The molecule has 0 aliphatic carbocycles. The van der Waals surface area contributed by atoms with Crippen LogP contribution < -0.4 is 5.73 Å². The fourth-order valence-electron chi connectivity index (χ4n) is 1.18. The molecule has 13 heavy (non-hydrogen) atoms. The Kier molecular flexibility index (Phi) is 3.30. The molecule has 1 unspecified atom stereocenters. The monoisotopic (exact) mass is 245 g/mol. The number of aromatic hydroxyl groups is 1. The van der Waals surface area contributed by atoms with Gasteiger partial charge in [0.1, 0.15) is 5.75 Å². The summed E-state index contributed by atoms with van der Waals surface area (Å²) in [6.07, 6.45) is -0.824. The molecule has 0 fully saturated rings. The van der Waals surface area contributed by atoms with E-state index >= 15 is 0 Å². The minimum Gasteiger partial charge on any atom is -0.508 e. The summed E-state index contributed by atoms with van der Waals surface area (Å²) in [5.41, 5.74) is 6.68. The van der Waals surface area contributed by atoms with Crippen LogP contribution in [0.2, 0.25) is 0 Å². The largest absolute Gasteiger partial charge is 0.508 e. The lowest BCUT2D eigenvalue weighted by Crippen LogP contribution is -2.12. The molecule has 1 atom stereocenters. The summed E-state index contributed by atoms with van der Waals surface area (Å²) < 4.78 is 0.683. The van der Waals surface area contributed by atoms with E-state index in [4.69, 9.17) is 5.73 Å². The molecule has 1 aromatic carbocycles. The number of aryl methyl sites for hydroxylation is 1. The third-order valence-corrected chi connectivity index (χ3v) is 2.46. The molecule has 0 aromatic heterocycles. The van der Waals surface area contributed by atoms with Gasteiger partial charge < -0.3 is 15.9 Å². The molecular weight excluding hydrogens is 234 g/mol. The van der Waals surface area contributed by atoms with Gasteiger partial charge in [-0.2, -0.15) is 0 Å². The average molecular weight is 246 g/mol. The van der Waals surface area contributed by atoms with Gasteiger partial charge in [0.25, 0.3) is 0 Å². The second-order valence-corrected chi connectivity index (χ2v) is 3.79. The molecule has 0 bridgehead atoms. The van der Waals surface area contributed by atoms with Crippen molar-refractivity contribution in [3.05, 3.63) is 27.7 Å². The van der Waals surface area contributed by atoms with Gasteiger partial charge in [0.2, 0.25) is 0 Å². The third kappa shape index (κ3) is 2.21. The predicted octanol–water partition coefficient (Wildman–Crippen LogP) is 1.46. The van der Waals surface area contributed by atoms with Crippen molar-refractivity contribution in [2.75, 3.05) is 6.54 Å². The second kappa shape index (κ2) is 4.09. The Hall–Kier alpha value is -0.580. The predicted molar refractivity (Wildman–Crippen MR) is 54.6 cm³/mol. The SMILES string of the molecule is Cc1cc(O)c(C(O)CN)c(Br)c1. The highest BCUT2D eigenvalue weighted by atomic mass is 79.9. The van der Waals surface area contributed by atoms with E-state index < -0.39 is 6.10 Å². The van der Waals surface area contributed by atoms with Crippen LogP contribution in [0.4, 0.5) is 0 Å². The maximum Gasteiger partial charge on any atom is 0.122 e. The highest BCUT2D eigenvalue weighted by Crippen LogP contribution is 2.32. The fraction of sp³-hybridized carbons (Fsp3) is 0.333. The molecule has 0 spiro atoms. The number of nitrogens with two attached hydrogens (primary N) is 1. The lowest BCUT2D eigenvalue weighted by molar-refractivity contribution is 0.182. The number of rotatable bonds is 2. The van der Waals surface area contributed by atoms with Crippen LogP contribution in [0, 0.1) is 6.92 Å². The molecule has 0 aliphatic heterocycles. The maximum atomic E-state index is 9.53. The van der Waals surface area contributed by atoms with E-state index in [0.29, 0.717) is 10.0 Å². The number of hydrogen-bond donors (Lipinski definition) is 3. The van der Waals surface area contributed by atoms with Crippen LogP contribution in [0.15, 0.2) is 16.6 Å². The lowest BCUT2D eigenvalue weighted by atomic mass is 10.1. The normalized spacial score (nSPS) is 12.9. The Morgan fingerprint density at radius 1 is 1.54 bits per heavy atom. The summed E-state index contributed by atoms with van der Waals surface area (Å²) in [5.74, 6) is 0.0739. The molecule has 4 N–H and O–H groups in total. The number of aliphatic hydroxyl groups excluding tert-OH is 1. The summed E-state index contributed by atoms with van der Waals surface area (Å²) in [5, 5.41) is 19.0. The van der Waals surface area contributed by atoms with Gasteiger partial charge in [-0.05, 0) is 24.6 Å². The van der Waals surface area contributed by atoms with E-state index in [9.17, 15) is 10.2 Å². The minimum absolute atomic E-state index is 0.0739. The molecule has 0 amide bonds. The Bertz CT molecular complexity index is 291. The van der Waals surface area contributed by atoms with Crippen molar-refractivity contribution in [3.63, 3.8) is 0 Å². The zero-order chi connectivity index (χ0) is 10.0. The first-order chi connectivity index (χ1) is 6.06. The summed E-state index contributed by atoms with van der Waals surface area (Å²) in [6.45, 7) is 1.96. The van der Waals surface area contributed by atoms with Gasteiger partial charge in [-0.3, -0.25) is 0 Å². The Morgan fingerprint density at radius 3 is 2.62 bits per heavy atom. The molecule has 72 valence electrons. The highest BCUT2D eigenvalue weighted by molar-refractivity contribution is 9.10. The van der Waals surface area contributed by atoms with Crippen molar-refractivity contribution in [2.45, 2.75) is 13.0 Å². The minimum atomic E-state index is -0.824. The van der Waals surface area contributed by atoms with Gasteiger partial charge >= 0.3 is 0 Å². The van der Waals surface area contributed by atoms with Gasteiger partial charge in [0.05, 0.1) is 6.10 Å². The fourth-order valence-corrected chi connectivity index (χ4v) is 2.01. The summed E-state index contributed by atoms with van der Waals surface area (Å²) in [6, 6.07) is 3.42. The first kappa shape index (κ1) is 10.5. The quantitative estimate of drug-likeness (QED) is 0.739. The van der Waals surface area contributed by atoms with Gasteiger partial charge in [-0.1, -0.05) is 15.9 Å². The van der Waals surface area contributed by atoms with Crippen LogP contribution in [0.1, 0.15) is 17.2 Å². The van der Waals surface area contributed by atoms with Crippen molar-refractivity contribution < 1.29 is 10.2 Å². The molecule has 1 aromatic rings. The summed E-state index contributed by atoms with van der Waals surface area (Å²) in [7, 11) is 0. The number of phenolic OH excluding ortho intramolecular Hbond substituents is 1. The van der Waals surface area contributed by atoms with Gasteiger partial charge in [0.15, 0.2) is 0 Å². The van der Waals surface area contributed by atoms with Crippen LogP contribution >= 0.6 is 15.9 Å². The van der Waals surface area contributed by atoms with Crippen molar-refractivity contribution in [3.8, 4) is 5.75 Å². The summed E-state index contributed by atoms with van der Waals surface area (Å²) in [4.78, 5) is 0. The zero-order valence-electron chi connectivity index (χ0n) is 7.29. The van der Waals surface area contributed by atoms with Crippen LogP contribution in [0.5, 0.6) is 5.75 Å². The molecular formula is C9H12BrNO2. The van der Waals surface area contributed by atoms with E-state index in [1.54, 1.807) is 6.07 Å². The van der Waals surface area contributed by atoms with Crippen molar-refractivity contribution in [2.24, 2.45) is 5.73 Å². The highest BCUT2D eigenvalue weighted by Gasteiger charge is 2.14. The molecule has 0 heterocycles. The van der Waals surface area contributed by atoms with Gasteiger partial charge in [-0.15, -0.1) is 0 Å². The third-order valence-electron chi connectivity index (χ3n) is 1.81. The van der Waals surface area contributed by atoms with Crippen molar-refractivity contribution in [1.29, 1.82) is 0 Å². The van der Waals surface area contributed by atoms with E-state index in [1.165, 1.54) is 0 Å². The number of phenols is 1. The molecule has 0 radical (unpaired) electrons. The number of benzene rings is 1. The van der Waals surface area contributed by atoms with Gasteiger partial charge in [0, 0.05) is 16.6 Å². The first-order valence-electron chi connectivity index (χ1n) is 3.93. The molecule has 3 nitrogen and oxygen atoms in total. The smallest absolute Gasteiger partial charge is 0.122 e. The first-order valence-corrected chi connectivity index (χ1v) is 4.72. The van der Waals surface area contributed by atoms with E-state index in [2.05, 4.69) is 15.9 Å². The Morgan fingerprint density at radius 2 is 2.15 bits per heavy atom. The molecule has 0 saturated heterocycles. The zero-order valence-corrected chi connectivity index (χ0v) is 8.87. The topological polar surface area (TPSA) is 66.5 Å². The summed E-state index contributed by atoms with van der Waals surface area (Å²) >= 11 is 3.26. The second-order valence-electron chi connectivity index (χ2n) is 2.93. The number of halogens is 1. The van der Waals surface area contributed by atoms with Gasteiger partial charge in [-0.25, -0.2) is 0 Å². The number of aliphatic hydroxyl groups is 1. The van der Waals surface area contributed by atoms with Crippen LogP contribution in [0.25, 0.3) is 0 Å². The van der Waals surface area contributed by atoms with Crippen LogP contribution in [0.3, 0.4) is 0 Å². The van der Waals surface area contributed by atoms with Crippen molar-refractivity contribution in [1.82, 2.24) is 0 Å². The molecule has 0 saturated carbocycles. The standard InChI is InChI=1S/C9H12BrNO2/c1-5-2-6(10)9(7(12)3-5)8(13)4-11/h2-3,8,12-13H,4,11H2,1H3. The van der Waals surface area contributed by atoms with E-state index in [-0.39, 0.29) is 12.3 Å². The Labute approximate surface area is 85.3 Å². The Balaban J connectivity index is 3.20. The van der Waals surface area contributed by atoms with Crippen LogP contribution in [-0.4, -0.2) is 16.8 Å². The molecule has 0 aliphatic rings. The molecule has 4 heteroatoms. The maximum absolute atomic E-state index is 9.53. The van der Waals surface area contributed by atoms with E-state index in [0.717, 1.165) is 5.56 Å². The average Bonchev–Trinajstić information content (AvgIpc) is 2.02. The van der Waals surface area contributed by atoms with Crippen molar-refractivity contribution >= 4 is 15.9 Å². The van der Waals surface area contributed by atoms with E-state index in [1.807, 2.05) is 13.0 Å². The number of hydrogen-bond acceptors (Lipinski definition) is 3.